The van der Waals surface area contributed by atoms with E-state index in [1.807, 2.05) is 0 Å². The monoisotopic (exact) mass is 277 g/mol. The average Bonchev–Trinajstić information content (AvgIpc) is 2.47. The molecule has 20 heavy (non-hydrogen) atoms. The van der Waals surface area contributed by atoms with E-state index in [-0.39, 0.29) is 17.1 Å². The Kier molecular flexibility index (Phi) is 4.74. The van der Waals surface area contributed by atoms with Gasteiger partial charge in [0.25, 0.3) is 0 Å². The van der Waals surface area contributed by atoms with E-state index in [0.717, 1.165) is 25.9 Å². The Bertz CT molecular complexity index is 507. The first-order valence-electron chi connectivity index (χ1n) is 6.78. The van der Waals surface area contributed by atoms with Crippen molar-refractivity contribution >= 4 is 11.8 Å². The van der Waals surface area contributed by atoms with Crippen LogP contribution in [0, 0.1) is 0 Å². The molecule has 1 aliphatic rings. The number of benzene rings is 1. The fraction of sp³-hybridized carbons (Fsp3) is 0.467. The van der Waals surface area contributed by atoms with Gasteiger partial charge in [0.1, 0.15) is 11.3 Å². The second kappa shape index (κ2) is 6.52. The van der Waals surface area contributed by atoms with E-state index < -0.39 is 5.97 Å². The van der Waals surface area contributed by atoms with Gasteiger partial charge in [0.05, 0.1) is 13.7 Å². The summed E-state index contributed by atoms with van der Waals surface area (Å²) < 4.78 is 4.99. The van der Waals surface area contributed by atoms with E-state index in [4.69, 9.17) is 9.84 Å². The topological polar surface area (TPSA) is 66.8 Å². The third kappa shape index (κ3) is 3.36. The number of likely N-dealkylation sites (tertiary alicyclic amines) is 1. The van der Waals surface area contributed by atoms with E-state index in [0.29, 0.717) is 12.1 Å². The van der Waals surface area contributed by atoms with Crippen LogP contribution in [0.1, 0.15) is 40.0 Å². The quantitative estimate of drug-likeness (QED) is 0.834. The minimum absolute atomic E-state index is 0.0250. The Morgan fingerprint density at radius 2 is 1.95 bits per heavy atom. The molecule has 1 aromatic carbocycles. The van der Waals surface area contributed by atoms with Crippen LogP contribution in [0.15, 0.2) is 18.2 Å². The largest absolute Gasteiger partial charge is 0.496 e. The zero-order valence-electron chi connectivity index (χ0n) is 11.6. The zero-order valence-corrected chi connectivity index (χ0v) is 11.6. The van der Waals surface area contributed by atoms with E-state index in [9.17, 15) is 9.59 Å². The summed E-state index contributed by atoms with van der Waals surface area (Å²) >= 11 is 0. The summed E-state index contributed by atoms with van der Waals surface area (Å²) in [7, 11) is 1.41. The second-order valence-corrected chi connectivity index (χ2v) is 4.98. The lowest BCUT2D eigenvalue weighted by molar-refractivity contribution is 0.0693. The van der Waals surface area contributed by atoms with Gasteiger partial charge < -0.3 is 9.84 Å². The van der Waals surface area contributed by atoms with E-state index in [1.54, 1.807) is 6.07 Å². The highest BCUT2D eigenvalue weighted by Gasteiger charge is 2.18. The number of carbonyl (C=O) groups excluding carboxylic acids is 1. The molecule has 5 heteroatoms. The smallest absolute Gasteiger partial charge is 0.339 e. The third-order valence-electron chi connectivity index (χ3n) is 3.57. The molecule has 1 N–H and O–H groups in total. The molecule has 5 nitrogen and oxygen atoms in total. The highest BCUT2D eigenvalue weighted by Crippen LogP contribution is 2.20. The first kappa shape index (κ1) is 14.5. The van der Waals surface area contributed by atoms with Crippen molar-refractivity contribution in [1.29, 1.82) is 0 Å². The summed E-state index contributed by atoms with van der Waals surface area (Å²) in [6.07, 6.45) is 3.46. The zero-order chi connectivity index (χ0) is 14.5. The number of carboxylic acid groups (broad SMARTS) is 1. The molecule has 1 saturated heterocycles. The summed E-state index contributed by atoms with van der Waals surface area (Å²) in [5.74, 6) is -0.862. The van der Waals surface area contributed by atoms with Crippen molar-refractivity contribution in [3.8, 4) is 5.75 Å². The van der Waals surface area contributed by atoms with Crippen LogP contribution in [0.4, 0.5) is 0 Å². The summed E-state index contributed by atoms with van der Waals surface area (Å²) in [4.78, 5) is 25.5. The number of Topliss-reactive ketones (excluding diaryl/α,β-unsaturated/α-hetero) is 1. The first-order valence-corrected chi connectivity index (χ1v) is 6.78. The fourth-order valence-corrected chi connectivity index (χ4v) is 2.46. The molecule has 0 aliphatic carbocycles. The van der Waals surface area contributed by atoms with Gasteiger partial charge in [-0.1, -0.05) is 6.42 Å². The van der Waals surface area contributed by atoms with Crippen LogP contribution in [0.2, 0.25) is 0 Å². The molecule has 108 valence electrons. The van der Waals surface area contributed by atoms with Gasteiger partial charge >= 0.3 is 5.97 Å². The van der Waals surface area contributed by atoms with Crippen LogP contribution in [-0.2, 0) is 0 Å². The number of carboxylic acids is 1. The summed E-state index contributed by atoms with van der Waals surface area (Å²) in [5, 5.41) is 9.12. The highest BCUT2D eigenvalue weighted by atomic mass is 16.5. The molecule has 0 amide bonds. The lowest BCUT2D eigenvalue weighted by atomic mass is 10.0. The number of nitrogens with zero attached hydrogens (tertiary/aromatic N) is 1. The Morgan fingerprint density at radius 1 is 1.25 bits per heavy atom. The Hall–Kier alpha value is -1.88. The lowest BCUT2D eigenvalue weighted by Gasteiger charge is -2.25. The fourth-order valence-electron chi connectivity index (χ4n) is 2.46. The molecular weight excluding hydrogens is 258 g/mol. The molecule has 2 rings (SSSR count). The second-order valence-electron chi connectivity index (χ2n) is 4.98. The SMILES string of the molecule is COc1ccc(C(=O)CN2CCCCC2)cc1C(=O)O. The van der Waals surface area contributed by atoms with Crippen molar-refractivity contribution in [1.82, 2.24) is 4.90 Å². The average molecular weight is 277 g/mol. The summed E-state index contributed by atoms with van der Waals surface area (Å²) in [5.41, 5.74) is 0.450. The molecule has 0 atom stereocenters. The van der Waals surface area contributed by atoms with Gasteiger partial charge in [-0.25, -0.2) is 4.79 Å². The van der Waals surface area contributed by atoms with Crippen molar-refractivity contribution in [3.63, 3.8) is 0 Å². The van der Waals surface area contributed by atoms with Gasteiger partial charge in [-0.2, -0.15) is 0 Å². The molecule has 0 saturated carbocycles. The van der Waals surface area contributed by atoms with E-state index in [1.165, 1.54) is 25.7 Å². The van der Waals surface area contributed by atoms with Crippen molar-refractivity contribution in [2.45, 2.75) is 19.3 Å². The minimum Gasteiger partial charge on any atom is -0.496 e. The number of ketones is 1. The number of hydrogen-bond donors (Lipinski definition) is 1. The van der Waals surface area contributed by atoms with Crippen LogP contribution in [-0.4, -0.2) is 48.5 Å². The van der Waals surface area contributed by atoms with Crippen LogP contribution in [0.3, 0.4) is 0 Å². The predicted octanol–water partition coefficient (Wildman–Crippen LogP) is 2.06. The number of aromatic carboxylic acids is 1. The molecule has 0 spiro atoms. The Labute approximate surface area is 118 Å². The minimum atomic E-state index is -1.09. The lowest BCUT2D eigenvalue weighted by Crippen LogP contribution is -2.34. The van der Waals surface area contributed by atoms with Gasteiger partial charge in [0.15, 0.2) is 5.78 Å². The Balaban J connectivity index is 2.13. The molecule has 1 aliphatic heterocycles. The van der Waals surface area contributed by atoms with Crippen LogP contribution < -0.4 is 4.74 Å². The molecule has 1 heterocycles. The maximum Gasteiger partial charge on any atom is 0.339 e. The molecule has 0 aromatic heterocycles. The number of rotatable bonds is 5. The standard InChI is InChI=1S/C15H19NO4/c1-20-14-6-5-11(9-12(14)15(18)19)13(17)10-16-7-3-2-4-8-16/h5-6,9H,2-4,7-8,10H2,1H3,(H,18,19). The third-order valence-corrected chi connectivity index (χ3v) is 3.57. The summed E-state index contributed by atoms with van der Waals surface area (Å²) in [6.45, 7) is 2.23. The molecule has 0 bridgehead atoms. The maximum absolute atomic E-state index is 12.2. The molecule has 0 radical (unpaired) electrons. The van der Waals surface area contributed by atoms with Crippen LogP contribution in [0.5, 0.6) is 5.75 Å². The number of piperidine rings is 1. The van der Waals surface area contributed by atoms with Crippen molar-refractivity contribution < 1.29 is 19.4 Å². The van der Waals surface area contributed by atoms with Gasteiger partial charge in [0.2, 0.25) is 0 Å². The number of hydrogen-bond acceptors (Lipinski definition) is 4. The van der Waals surface area contributed by atoms with Crippen molar-refractivity contribution in [3.05, 3.63) is 29.3 Å². The predicted molar refractivity (Wildman–Crippen MR) is 74.6 cm³/mol. The molecular formula is C15H19NO4. The molecule has 0 unspecified atom stereocenters. The normalized spacial score (nSPS) is 15.8. The van der Waals surface area contributed by atoms with Gasteiger partial charge in [-0.15, -0.1) is 0 Å². The highest BCUT2D eigenvalue weighted by molar-refractivity contribution is 6.01. The van der Waals surface area contributed by atoms with E-state index in [2.05, 4.69) is 4.90 Å². The van der Waals surface area contributed by atoms with Crippen molar-refractivity contribution in [2.75, 3.05) is 26.7 Å². The van der Waals surface area contributed by atoms with Crippen LogP contribution in [0.25, 0.3) is 0 Å². The number of methoxy groups -OCH3 is 1. The number of ether oxygens (including phenoxy) is 1. The van der Waals surface area contributed by atoms with Crippen LogP contribution >= 0.6 is 0 Å². The summed E-state index contributed by atoms with van der Waals surface area (Å²) in [6, 6.07) is 4.55. The first-order chi connectivity index (χ1) is 9.61. The molecule has 1 aromatic rings. The van der Waals surface area contributed by atoms with E-state index >= 15 is 0 Å². The number of carbonyl (C=O) groups is 2. The Morgan fingerprint density at radius 3 is 2.55 bits per heavy atom. The van der Waals surface area contributed by atoms with Gasteiger partial charge in [-0.3, -0.25) is 9.69 Å². The molecule has 1 fully saturated rings. The van der Waals surface area contributed by atoms with Gasteiger partial charge in [-0.05, 0) is 44.1 Å². The van der Waals surface area contributed by atoms with Crippen molar-refractivity contribution in [2.24, 2.45) is 0 Å². The van der Waals surface area contributed by atoms with Gasteiger partial charge in [0, 0.05) is 5.56 Å². The maximum atomic E-state index is 12.2.